The highest BCUT2D eigenvalue weighted by Crippen LogP contribution is 2.29. The number of allylic oxidation sites excluding steroid dienone is 5. The number of carboxylic acids is 1. The Morgan fingerprint density at radius 2 is 1.45 bits per heavy atom. The maximum atomic E-state index is 12.8. The smallest absolute Gasteiger partial charge is 0.307 e. The summed E-state index contributed by atoms with van der Waals surface area (Å²) in [5, 5.41) is 12.7. The van der Waals surface area contributed by atoms with Crippen LogP contribution in [0.1, 0.15) is 87.6 Å². The van der Waals surface area contributed by atoms with Gasteiger partial charge in [0.05, 0.1) is 5.92 Å². The molecule has 0 radical (unpaired) electrons. The highest BCUT2D eigenvalue weighted by atomic mass is 16.4. The van der Waals surface area contributed by atoms with Gasteiger partial charge in [-0.3, -0.25) is 14.4 Å². The molecule has 5 heteroatoms. The summed E-state index contributed by atoms with van der Waals surface area (Å²) in [6.07, 6.45) is 18.2. The third-order valence-corrected chi connectivity index (χ3v) is 7.30. The van der Waals surface area contributed by atoms with Crippen molar-refractivity contribution in [1.29, 1.82) is 0 Å². The van der Waals surface area contributed by atoms with Crippen molar-refractivity contribution in [3.05, 3.63) is 103 Å². The van der Waals surface area contributed by atoms with Crippen LogP contribution in [0.2, 0.25) is 0 Å². The van der Waals surface area contributed by atoms with Gasteiger partial charge in [-0.25, -0.2) is 0 Å². The van der Waals surface area contributed by atoms with Crippen LogP contribution in [0, 0.1) is 17.8 Å². The Labute approximate surface area is 240 Å². The maximum absolute atomic E-state index is 12.8. The molecule has 0 fully saturated rings. The monoisotopic (exact) mass is 543 g/mol. The van der Waals surface area contributed by atoms with Crippen LogP contribution in [0.5, 0.6) is 0 Å². The molecule has 0 bridgehead atoms. The number of nitrogens with one attached hydrogen (secondary N) is 1. The Kier molecular flexibility index (Phi) is 15.1. The zero-order chi connectivity index (χ0) is 29.2. The van der Waals surface area contributed by atoms with E-state index in [4.69, 9.17) is 0 Å². The molecule has 0 aliphatic heterocycles. The number of carboxylic acid groups (broad SMARTS) is 1. The molecule has 3 unspecified atom stereocenters. The Morgan fingerprint density at radius 1 is 0.825 bits per heavy atom. The van der Waals surface area contributed by atoms with Gasteiger partial charge in [0.1, 0.15) is 0 Å². The van der Waals surface area contributed by atoms with Gasteiger partial charge < -0.3 is 10.4 Å². The van der Waals surface area contributed by atoms with Crippen LogP contribution in [0.15, 0.2) is 91.6 Å². The van der Waals surface area contributed by atoms with Crippen molar-refractivity contribution < 1.29 is 19.5 Å². The number of rotatable bonds is 19. The summed E-state index contributed by atoms with van der Waals surface area (Å²) in [6.45, 7) is 8.11. The molecule has 2 aromatic rings. The van der Waals surface area contributed by atoms with Crippen LogP contribution in [-0.4, -0.2) is 22.8 Å². The third kappa shape index (κ3) is 11.6. The molecule has 0 aliphatic rings. The Hall–Kier alpha value is -3.73. The third-order valence-electron chi connectivity index (χ3n) is 7.30. The predicted octanol–water partition coefficient (Wildman–Crippen LogP) is 8.64. The fraction of sp³-hybridized carbons (Fsp3) is 0.400. The maximum Gasteiger partial charge on any atom is 0.307 e. The molecular weight excluding hydrogens is 498 g/mol. The number of amides is 1. The van der Waals surface area contributed by atoms with E-state index in [9.17, 15) is 19.5 Å². The van der Waals surface area contributed by atoms with Crippen molar-refractivity contribution in [3.63, 3.8) is 0 Å². The first-order valence-electron chi connectivity index (χ1n) is 14.5. The van der Waals surface area contributed by atoms with E-state index < -0.39 is 11.9 Å². The van der Waals surface area contributed by atoms with Crippen molar-refractivity contribution in [3.8, 4) is 0 Å². The highest BCUT2D eigenvalue weighted by Gasteiger charge is 2.29. The predicted molar refractivity (Wildman–Crippen MR) is 164 cm³/mol. The van der Waals surface area contributed by atoms with Gasteiger partial charge in [0.15, 0.2) is 5.78 Å². The quantitative estimate of drug-likeness (QED) is 0.105. The van der Waals surface area contributed by atoms with Crippen LogP contribution < -0.4 is 5.32 Å². The number of aliphatic carboxylic acids is 1. The van der Waals surface area contributed by atoms with Crippen LogP contribution in [-0.2, 0) is 9.59 Å². The van der Waals surface area contributed by atoms with E-state index in [0.29, 0.717) is 29.2 Å². The minimum atomic E-state index is -0.944. The topological polar surface area (TPSA) is 83.5 Å². The molecule has 3 atom stereocenters. The zero-order valence-electron chi connectivity index (χ0n) is 24.1. The number of ketones is 1. The van der Waals surface area contributed by atoms with Gasteiger partial charge in [0, 0.05) is 23.2 Å². The first-order valence-corrected chi connectivity index (χ1v) is 14.5. The van der Waals surface area contributed by atoms with Crippen LogP contribution in [0.4, 0.5) is 5.69 Å². The van der Waals surface area contributed by atoms with E-state index in [1.165, 1.54) is 0 Å². The summed E-state index contributed by atoms with van der Waals surface area (Å²) in [7, 11) is 0. The molecule has 0 aromatic heterocycles. The summed E-state index contributed by atoms with van der Waals surface area (Å²) in [4.78, 5) is 37.5. The summed E-state index contributed by atoms with van der Waals surface area (Å²) in [6, 6.07) is 15.7. The highest BCUT2D eigenvalue weighted by molar-refractivity contribution is 6.09. The van der Waals surface area contributed by atoms with E-state index in [2.05, 4.69) is 43.1 Å². The number of hydrogen-bond donors (Lipinski definition) is 2. The summed E-state index contributed by atoms with van der Waals surface area (Å²) < 4.78 is 0. The van der Waals surface area contributed by atoms with Gasteiger partial charge >= 0.3 is 5.97 Å². The first-order chi connectivity index (χ1) is 19.4. The number of unbranched alkanes of at least 4 members (excludes halogenated alkanes) is 1. The van der Waals surface area contributed by atoms with Gasteiger partial charge in [-0.1, -0.05) is 81.0 Å². The second kappa shape index (κ2) is 18.5. The van der Waals surface area contributed by atoms with Gasteiger partial charge in [-0.15, -0.1) is 6.58 Å². The van der Waals surface area contributed by atoms with E-state index in [-0.39, 0.29) is 24.0 Å². The van der Waals surface area contributed by atoms with Crippen molar-refractivity contribution in [1.82, 2.24) is 0 Å². The fourth-order valence-corrected chi connectivity index (χ4v) is 4.85. The normalized spacial score (nSPS) is 13.7. The molecule has 2 aromatic carbocycles. The molecule has 2 rings (SSSR count). The number of carbonyl (C=O) groups excluding carboxylic acids is 2. The largest absolute Gasteiger partial charge is 0.481 e. The minimum Gasteiger partial charge on any atom is -0.481 e. The summed E-state index contributed by atoms with van der Waals surface area (Å²) in [5.41, 5.74) is 1.66. The van der Waals surface area contributed by atoms with Crippen molar-refractivity contribution in [2.45, 2.75) is 71.6 Å². The average Bonchev–Trinajstić information content (AvgIpc) is 2.97. The molecule has 0 spiro atoms. The number of anilines is 1. The second-order valence-corrected chi connectivity index (χ2v) is 10.2. The van der Waals surface area contributed by atoms with E-state index in [1.54, 1.807) is 36.4 Å². The molecule has 0 saturated heterocycles. The summed E-state index contributed by atoms with van der Waals surface area (Å²) >= 11 is 0. The Bertz CT molecular complexity index is 1120. The van der Waals surface area contributed by atoms with Crippen molar-refractivity contribution in [2.75, 3.05) is 5.32 Å². The molecule has 214 valence electrons. The lowest BCUT2D eigenvalue weighted by Gasteiger charge is -2.24. The molecule has 5 nitrogen and oxygen atoms in total. The number of carbonyl (C=O) groups is 3. The molecule has 40 heavy (non-hydrogen) atoms. The molecular formula is C35H45NO4. The minimum absolute atomic E-state index is 0.0908. The molecule has 0 saturated carbocycles. The Morgan fingerprint density at radius 3 is 2.05 bits per heavy atom. The van der Waals surface area contributed by atoms with Gasteiger partial charge in [0.25, 0.3) is 0 Å². The van der Waals surface area contributed by atoms with Crippen LogP contribution in [0.25, 0.3) is 0 Å². The van der Waals surface area contributed by atoms with Gasteiger partial charge in [0.2, 0.25) is 5.91 Å². The van der Waals surface area contributed by atoms with Gasteiger partial charge in [-0.2, -0.15) is 0 Å². The molecule has 1 amide bonds. The standard InChI is InChI=1S/C35H45NO4/c1-4-7-8-9-10-11-12-14-17-27(5-2)20-21-28(6-3)32(35(39)40)26-33(37)36-31-24-22-30(23-25-31)34(38)29-18-15-13-16-19-29/h5,7-8,11-13,15-16,18-19,22-25,27-28,32H,2,4,6,9-10,14,17,20-21,26H2,1,3H3,(H,36,37)(H,39,40)/b8-7+,12-11-. The van der Waals surface area contributed by atoms with Crippen molar-refractivity contribution >= 4 is 23.3 Å². The van der Waals surface area contributed by atoms with Crippen LogP contribution in [0.3, 0.4) is 0 Å². The second-order valence-electron chi connectivity index (χ2n) is 10.2. The lowest BCUT2D eigenvalue weighted by molar-refractivity contribution is -0.145. The van der Waals surface area contributed by atoms with Crippen LogP contribution >= 0.6 is 0 Å². The van der Waals surface area contributed by atoms with Crippen molar-refractivity contribution in [2.24, 2.45) is 17.8 Å². The molecule has 0 heterocycles. The molecule has 0 aliphatic carbocycles. The average molecular weight is 544 g/mol. The lowest BCUT2D eigenvalue weighted by Crippen LogP contribution is -2.29. The van der Waals surface area contributed by atoms with E-state index >= 15 is 0 Å². The van der Waals surface area contributed by atoms with Gasteiger partial charge in [-0.05, 0) is 81.0 Å². The van der Waals surface area contributed by atoms with E-state index in [0.717, 1.165) is 44.9 Å². The molecule has 2 N–H and O–H groups in total. The first kappa shape index (κ1) is 32.5. The van der Waals surface area contributed by atoms with E-state index in [1.807, 2.05) is 31.2 Å². The Balaban J connectivity index is 1.87. The summed E-state index contributed by atoms with van der Waals surface area (Å²) in [5.74, 6) is -1.92. The SMILES string of the molecule is C=CC(CC/C=C\CC/C=C/CC)CCC(CC)C(CC(=O)Nc1ccc(C(=O)c2ccccc2)cc1)C(=O)O. The fourth-order valence-electron chi connectivity index (χ4n) is 4.85. The number of hydrogen-bond acceptors (Lipinski definition) is 3. The zero-order valence-corrected chi connectivity index (χ0v) is 24.1. The number of benzene rings is 2. The lowest BCUT2D eigenvalue weighted by atomic mass is 9.81.